The Hall–Kier alpha value is -2.35. The number of fused-ring (bicyclic) bond motifs is 1. The molecule has 1 aromatic carbocycles. The van der Waals surface area contributed by atoms with Crippen LogP contribution >= 0.6 is 11.3 Å². The molecule has 0 unspecified atom stereocenters. The van der Waals surface area contributed by atoms with Crippen LogP contribution in [0.1, 0.15) is 18.2 Å². The molecule has 4 nitrogen and oxygen atoms in total. The number of amides is 1. The largest absolute Gasteiger partial charge is 0.416 e. The van der Waals surface area contributed by atoms with Gasteiger partial charge in [-0.3, -0.25) is 4.79 Å². The fourth-order valence-corrected chi connectivity index (χ4v) is 2.80. The average molecular weight is 355 g/mol. The summed E-state index contributed by atoms with van der Waals surface area (Å²) in [6.07, 6.45) is -2.33. The fraction of sp³-hybridized carbons (Fsp3) is 0.250. The molecule has 8 heteroatoms. The van der Waals surface area contributed by atoms with Crippen molar-refractivity contribution >= 4 is 32.6 Å². The molecule has 1 N–H and O–H groups in total. The second-order valence-electron chi connectivity index (χ2n) is 5.14. The Morgan fingerprint density at radius 3 is 2.46 bits per heavy atom. The molecule has 128 valence electrons. The van der Waals surface area contributed by atoms with Gasteiger partial charge in [-0.2, -0.15) is 13.2 Å². The van der Waals surface area contributed by atoms with Crippen molar-refractivity contribution in [2.45, 2.75) is 20.0 Å². The number of aryl methyl sites for hydroxylation is 2. The quantitative estimate of drug-likeness (QED) is 0.693. The number of hydrogen-bond acceptors (Lipinski definition) is 3. The zero-order valence-electron chi connectivity index (χ0n) is 13.3. The lowest BCUT2D eigenvalue weighted by Crippen LogP contribution is -2.04. The van der Waals surface area contributed by atoms with Crippen LogP contribution in [0.4, 0.5) is 18.3 Å². The second kappa shape index (κ2) is 7.04. The maximum absolute atomic E-state index is 12.4. The van der Waals surface area contributed by atoms with Gasteiger partial charge in [0.15, 0.2) is 5.13 Å². The van der Waals surface area contributed by atoms with Gasteiger partial charge in [-0.1, -0.05) is 11.3 Å². The molecule has 0 aliphatic carbocycles. The van der Waals surface area contributed by atoms with Gasteiger partial charge in [-0.05, 0) is 37.3 Å². The molecule has 3 rings (SSSR count). The van der Waals surface area contributed by atoms with Crippen LogP contribution in [0.2, 0.25) is 0 Å². The lowest BCUT2D eigenvalue weighted by atomic mass is 10.2. The van der Waals surface area contributed by atoms with E-state index >= 15 is 0 Å². The van der Waals surface area contributed by atoms with Crippen LogP contribution in [0.25, 0.3) is 10.2 Å². The topological polar surface area (TPSA) is 46.9 Å². The molecule has 2 heterocycles. The number of nitrogens with zero attached hydrogens (tertiary/aromatic N) is 2. The summed E-state index contributed by atoms with van der Waals surface area (Å²) in [6.45, 7) is 3.40. The van der Waals surface area contributed by atoms with Gasteiger partial charge in [0, 0.05) is 25.9 Å². The van der Waals surface area contributed by atoms with Crippen molar-refractivity contribution < 1.29 is 18.0 Å². The first-order chi connectivity index (χ1) is 11.2. The molecule has 3 aromatic rings. The molecule has 0 aliphatic rings. The molecule has 0 saturated carbocycles. The van der Waals surface area contributed by atoms with Crippen molar-refractivity contribution in [1.82, 2.24) is 9.55 Å². The van der Waals surface area contributed by atoms with E-state index < -0.39 is 11.7 Å². The molecule has 0 atom stereocenters. The number of hydrogen-bond donors (Lipinski definition) is 1. The number of aromatic nitrogens is 2. The smallest absolute Gasteiger partial charge is 0.355 e. The third kappa shape index (κ3) is 4.58. The summed E-state index contributed by atoms with van der Waals surface area (Å²) in [4.78, 5) is 14.8. The van der Waals surface area contributed by atoms with Crippen molar-refractivity contribution in [3.05, 3.63) is 47.8 Å². The van der Waals surface area contributed by atoms with Gasteiger partial charge in [0.05, 0.1) is 15.8 Å². The standard InChI is InChI=1S/C10H7F3N2OS.C6H9N/c1-5(16)14-9-15-7-3-2-6(10(11,12)13)4-8(7)17-9;1-6-4-3-5-7(6)2/h2-4H,1H3,(H,14,15,16);3-5H,1-2H3. The number of benzene rings is 1. The lowest BCUT2D eigenvalue weighted by Gasteiger charge is -2.04. The highest BCUT2D eigenvalue weighted by Crippen LogP contribution is 2.34. The van der Waals surface area contributed by atoms with E-state index in [1.807, 2.05) is 19.3 Å². The maximum atomic E-state index is 12.4. The predicted octanol–water partition coefficient (Wildman–Crippen LogP) is 4.61. The molecule has 24 heavy (non-hydrogen) atoms. The van der Waals surface area contributed by atoms with E-state index in [-0.39, 0.29) is 5.91 Å². The molecule has 0 radical (unpaired) electrons. The Labute approximate surface area is 140 Å². The van der Waals surface area contributed by atoms with E-state index in [0.29, 0.717) is 15.3 Å². The molecule has 2 aromatic heterocycles. The molecular weight excluding hydrogens is 339 g/mol. The summed E-state index contributed by atoms with van der Waals surface area (Å²) < 4.78 is 39.8. The number of thiazole rings is 1. The minimum Gasteiger partial charge on any atom is -0.355 e. The Morgan fingerprint density at radius 1 is 1.29 bits per heavy atom. The highest BCUT2D eigenvalue weighted by Gasteiger charge is 2.30. The number of anilines is 1. The highest BCUT2D eigenvalue weighted by atomic mass is 32.1. The van der Waals surface area contributed by atoms with Crippen LogP contribution in [-0.4, -0.2) is 15.5 Å². The number of carbonyl (C=O) groups is 1. The Morgan fingerprint density at radius 2 is 2.00 bits per heavy atom. The number of nitrogens with one attached hydrogen (secondary N) is 1. The van der Waals surface area contributed by atoms with Crippen molar-refractivity contribution in [1.29, 1.82) is 0 Å². The number of halogens is 3. The third-order valence-corrected chi connectivity index (χ3v) is 4.14. The summed E-state index contributed by atoms with van der Waals surface area (Å²) >= 11 is 1.01. The van der Waals surface area contributed by atoms with E-state index in [9.17, 15) is 18.0 Å². The van der Waals surface area contributed by atoms with E-state index in [1.54, 1.807) is 0 Å². The SMILES string of the molecule is CC(=O)Nc1nc2ccc(C(F)(F)F)cc2s1.Cc1cccn1C. The van der Waals surface area contributed by atoms with Crippen molar-refractivity contribution in [2.24, 2.45) is 7.05 Å². The van der Waals surface area contributed by atoms with Gasteiger partial charge < -0.3 is 9.88 Å². The Kier molecular flexibility index (Phi) is 5.28. The normalized spacial score (nSPS) is 11.1. The maximum Gasteiger partial charge on any atom is 0.416 e. The van der Waals surface area contributed by atoms with Gasteiger partial charge in [0.1, 0.15) is 0 Å². The predicted molar refractivity (Wildman–Crippen MR) is 89.1 cm³/mol. The van der Waals surface area contributed by atoms with Crippen LogP contribution < -0.4 is 5.32 Å². The molecule has 0 saturated heterocycles. The van der Waals surface area contributed by atoms with E-state index in [0.717, 1.165) is 23.5 Å². The molecule has 0 fully saturated rings. The first-order valence-corrected chi connectivity index (χ1v) is 7.82. The number of rotatable bonds is 1. The minimum absolute atomic E-state index is 0.298. The summed E-state index contributed by atoms with van der Waals surface area (Å²) in [6, 6.07) is 7.41. The number of alkyl halides is 3. The summed E-state index contributed by atoms with van der Waals surface area (Å²) in [5.74, 6) is -0.305. The van der Waals surface area contributed by atoms with Crippen LogP contribution in [0, 0.1) is 6.92 Å². The van der Waals surface area contributed by atoms with Crippen molar-refractivity contribution in [3.63, 3.8) is 0 Å². The van der Waals surface area contributed by atoms with Crippen LogP contribution in [-0.2, 0) is 18.0 Å². The van der Waals surface area contributed by atoms with E-state index in [2.05, 4.69) is 27.9 Å². The van der Waals surface area contributed by atoms with Gasteiger partial charge in [0.25, 0.3) is 0 Å². The highest BCUT2D eigenvalue weighted by molar-refractivity contribution is 7.22. The van der Waals surface area contributed by atoms with Gasteiger partial charge in [-0.15, -0.1) is 0 Å². The molecule has 0 aliphatic heterocycles. The van der Waals surface area contributed by atoms with E-state index in [4.69, 9.17) is 0 Å². The molecule has 0 bridgehead atoms. The van der Waals surface area contributed by atoms with Crippen LogP contribution in [0.3, 0.4) is 0 Å². The van der Waals surface area contributed by atoms with Gasteiger partial charge in [-0.25, -0.2) is 4.98 Å². The summed E-state index contributed by atoms with van der Waals surface area (Å²) in [5.41, 5.74) is 1.02. The van der Waals surface area contributed by atoms with Crippen LogP contribution in [0.15, 0.2) is 36.5 Å². The summed E-state index contributed by atoms with van der Waals surface area (Å²) in [7, 11) is 2.04. The monoisotopic (exact) mass is 355 g/mol. The second-order valence-corrected chi connectivity index (χ2v) is 6.17. The van der Waals surface area contributed by atoms with Crippen LogP contribution in [0.5, 0.6) is 0 Å². The Bertz CT molecular complexity index is 835. The third-order valence-electron chi connectivity index (χ3n) is 3.20. The van der Waals surface area contributed by atoms with Gasteiger partial charge in [0.2, 0.25) is 5.91 Å². The minimum atomic E-state index is -4.37. The fourth-order valence-electron chi connectivity index (χ4n) is 1.85. The van der Waals surface area contributed by atoms with Gasteiger partial charge >= 0.3 is 6.18 Å². The van der Waals surface area contributed by atoms with Crippen molar-refractivity contribution in [2.75, 3.05) is 5.32 Å². The first-order valence-electron chi connectivity index (χ1n) is 7.00. The lowest BCUT2D eigenvalue weighted by molar-refractivity contribution is -0.137. The first kappa shape index (κ1) is 18.0. The summed E-state index contributed by atoms with van der Waals surface area (Å²) in [5, 5.41) is 2.74. The Balaban J connectivity index is 0.000000249. The van der Waals surface area contributed by atoms with Crippen molar-refractivity contribution in [3.8, 4) is 0 Å². The average Bonchev–Trinajstić information content (AvgIpc) is 3.03. The molecule has 0 spiro atoms. The zero-order valence-corrected chi connectivity index (χ0v) is 14.1. The van der Waals surface area contributed by atoms with E-state index in [1.165, 1.54) is 18.7 Å². The zero-order chi connectivity index (χ0) is 17.9. The number of carbonyl (C=O) groups excluding carboxylic acids is 1. The molecular formula is C16H16F3N3OS. The molecule has 1 amide bonds.